The van der Waals surface area contributed by atoms with E-state index in [-0.39, 0.29) is 5.91 Å². The van der Waals surface area contributed by atoms with Crippen LogP contribution in [-0.2, 0) is 11.2 Å². The highest BCUT2D eigenvalue weighted by Gasteiger charge is 2.14. The second-order valence-corrected chi connectivity index (χ2v) is 4.52. The monoisotopic (exact) mass is 254 g/mol. The molecule has 19 heavy (non-hydrogen) atoms. The van der Waals surface area contributed by atoms with E-state index in [0.29, 0.717) is 13.0 Å². The van der Waals surface area contributed by atoms with E-state index < -0.39 is 0 Å². The summed E-state index contributed by atoms with van der Waals surface area (Å²) in [6, 6.07) is 11.8. The van der Waals surface area contributed by atoms with Crippen LogP contribution in [0.1, 0.15) is 18.1 Å². The minimum atomic E-state index is 0.0982. The maximum atomic E-state index is 12.4. The van der Waals surface area contributed by atoms with Gasteiger partial charge in [-0.2, -0.15) is 0 Å². The molecule has 0 unspecified atom stereocenters. The molecule has 0 spiro atoms. The van der Waals surface area contributed by atoms with E-state index in [1.165, 1.54) is 0 Å². The van der Waals surface area contributed by atoms with Crippen molar-refractivity contribution in [2.24, 2.45) is 0 Å². The van der Waals surface area contributed by atoms with E-state index in [1.54, 1.807) is 17.3 Å². The first kappa shape index (κ1) is 13.3. The first-order valence-corrected chi connectivity index (χ1v) is 6.46. The van der Waals surface area contributed by atoms with Crippen molar-refractivity contribution in [3.05, 3.63) is 59.9 Å². The van der Waals surface area contributed by atoms with Crippen molar-refractivity contribution < 1.29 is 4.79 Å². The number of nitrogens with zero attached hydrogens (tertiary/aromatic N) is 2. The van der Waals surface area contributed by atoms with Gasteiger partial charge in [0, 0.05) is 24.6 Å². The molecule has 0 aliphatic carbocycles. The van der Waals surface area contributed by atoms with Crippen LogP contribution in [0.2, 0.25) is 0 Å². The molecule has 1 heterocycles. The fraction of sp³-hybridized carbons (Fsp3) is 0.250. The van der Waals surface area contributed by atoms with Crippen LogP contribution >= 0.6 is 0 Å². The standard InChI is InChI=1S/C16H18N2O/c1-3-18(15-8-4-6-13(2)10-15)16(19)11-14-7-5-9-17-12-14/h4-10,12H,3,11H2,1-2H3. The van der Waals surface area contributed by atoms with Crippen LogP contribution in [0.5, 0.6) is 0 Å². The lowest BCUT2D eigenvalue weighted by Crippen LogP contribution is -2.32. The highest BCUT2D eigenvalue weighted by Crippen LogP contribution is 2.17. The number of anilines is 1. The number of aryl methyl sites for hydroxylation is 1. The number of carbonyl (C=O) groups is 1. The third kappa shape index (κ3) is 3.41. The van der Waals surface area contributed by atoms with Crippen molar-refractivity contribution >= 4 is 11.6 Å². The molecule has 1 aromatic heterocycles. The average molecular weight is 254 g/mol. The molecule has 0 saturated heterocycles. The lowest BCUT2D eigenvalue weighted by atomic mass is 10.1. The lowest BCUT2D eigenvalue weighted by molar-refractivity contribution is -0.117. The Kier molecular flexibility index (Phi) is 4.29. The molecule has 0 aliphatic rings. The summed E-state index contributed by atoms with van der Waals surface area (Å²) >= 11 is 0. The van der Waals surface area contributed by atoms with Crippen molar-refractivity contribution in [3.63, 3.8) is 0 Å². The Bertz CT molecular complexity index is 552. The van der Waals surface area contributed by atoms with E-state index in [2.05, 4.69) is 4.98 Å². The lowest BCUT2D eigenvalue weighted by Gasteiger charge is -2.21. The zero-order valence-corrected chi connectivity index (χ0v) is 11.3. The van der Waals surface area contributed by atoms with Gasteiger partial charge in [0.1, 0.15) is 0 Å². The molecule has 0 saturated carbocycles. The molecule has 2 rings (SSSR count). The Morgan fingerprint density at radius 3 is 2.74 bits per heavy atom. The minimum Gasteiger partial charge on any atom is -0.312 e. The van der Waals surface area contributed by atoms with Gasteiger partial charge in [-0.3, -0.25) is 9.78 Å². The largest absolute Gasteiger partial charge is 0.312 e. The number of aromatic nitrogens is 1. The Labute approximate surface area is 113 Å². The van der Waals surface area contributed by atoms with Crippen LogP contribution in [0.25, 0.3) is 0 Å². The van der Waals surface area contributed by atoms with E-state index in [4.69, 9.17) is 0 Å². The predicted molar refractivity (Wildman–Crippen MR) is 77.1 cm³/mol. The normalized spacial score (nSPS) is 10.2. The SMILES string of the molecule is CCN(C(=O)Cc1cccnc1)c1cccc(C)c1. The van der Waals surface area contributed by atoms with Gasteiger partial charge in [0.2, 0.25) is 5.91 Å². The van der Waals surface area contributed by atoms with Gasteiger partial charge in [0.15, 0.2) is 0 Å². The number of benzene rings is 1. The average Bonchev–Trinajstić information content (AvgIpc) is 2.41. The third-order valence-electron chi connectivity index (χ3n) is 3.01. The maximum absolute atomic E-state index is 12.4. The molecular formula is C16H18N2O. The van der Waals surface area contributed by atoms with Crippen LogP contribution in [0.4, 0.5) is 5.69 Å². The van der Waals surface area contributed by atoms with Crippen LogP contribution in [0.15, 0.2) is 48.8 Å². The Hall–Kier alpha value is -2.16. The molecule has 0 bridgehead atoms. The first-order chi connectivity index (χ1) is 9.20. The molecule has 3 heteroatoms. The van der Waals surface area contributed by atoms with Gasteiger partial charge in [0.25, 0.3) is 0 Å². The highest BCUT2D eigenvalue weighted by molar-refractivity contribution is 5.94. The molecule has 0 radical (unpaired) electrons. The molecule has 0 atom stereocenters. The quantitative estimate of drug-likeness (QED) is 0.840. The van der Waals surface area contributed by atoms with E-state index in [9.17, 15) is 4.79 Å². The van der Waals surface area contributed by atoms with Crippen LogP contribution in [0.3, 0.4) is 0 Å². The van der Waals surface area contributed by atoms with Gasteiger partial charge in [-0.15, -0.1) is 0 Å². The number of pyridine rings is 1. The van der Waals surface area contributed by atoms with E-state index in [0.717, 1.165) is 16.8 Å². The smallest absolute Gasteiger partial charge is 0.231 e. The summed E-state index contributed by atoms with van der Waals surface area (Å²) in [6.45, 7) is 4.69. The summed E-state index contributed by atoms with van der Waals surface area (Å²) in [6.07, 6.45) is 3.84. The second kappa shape index (κ2) is 6.14. The summed E-state index contributed by atoms with van der Waals surface area (Å²) < 4.78 is 0. The van der Waals surface area contributed by atoms with Crippen LogP contribution < -0.4 is 4.90 Å². The Morgan fingerprint density at radius 2 is 2.11 bits per heavy atom. The number of carbonyl (C=O) groups excluding carboxylic acids is 1. The fourth-order valence-electron chi connectivity index (χ4n) is 2.07. The molecule has 1 amide bonds. The van der Waals surface area contributed by atoms with Crippen molar-refractivity contribution in [2.45, 2.75) is 20.3 Å². The van der Waals surface area contributed by atoms with Gasteiger partial charge in [-0.25, -0.2) is 0 Å². The number of hydrogen-bond donors (Lipinski definition) is 0. The number of rotatable bonds is 4. The Balaban J connectivity index is 2.16. The van der Waals surface area contributed by atoms with Gasteiger partial charge < -0.3 is 4.90 Å². The van der Waals surface area contributed by atoms with Crippen molar-refractivity contribution in [1.29, 1.82) is 0 Å². The fourth-order valence-corrected chi connectivity index (χ4v) is 2.07. The van der Waals surface area contributed by atoms with Gasteiger partial charge in [-0.05, 0) is 43.2 Å². The predicted octanol–water partition coefficient (Wildman–Crippen LogP) is 2.99. The van der Waals surface area contributed by atoms with Gasteiger partial charge in [0.05, 0.1) is 6.42 Å². The van der Waals surface area contributed by atoms with Crippen LogP contribution in [-0.4, -0.2) is 17.4 Å². The van der Waals surface area contributed by atoms with Crippen LogP contribution in [0, 0.1) is 6.92 Å². The summed E-state index contributed by atoms with van der Waals surface area (Å²) in [7, 11) is 0. The number of likely N-dealkylation sites (N-methyl/N-ethyl adjacent to an activating group) is 1. The highest BCUT2D eigenvalue weighted by atomic mass is 16.2. The minimum absolute atomic E-state index is 0.0982. The topological polar surface area (TPSA) is 33.2 Å². The summed E-state index contributed by atoms with van der Waals surface area (Å²) in [5.74, 6) is 0.0982. The van der Waals surface area contributed by atoms with E-state index >= 15 is 0 Å². The Morgan fingerprint density at radius 1 is 1.26 bits per heavy atom. The second-order valence-electron chi connectivity index (χ2n) is 4.52. The molecule has 1 aromatic carbocycles. The third-order valence-corrected chi connectivity index (χ3v) is 3.01. The van der Waals surface area contributed by atoms with Crippen molar-refractivity contribution in [3.8, 4) is 0 Å². The number of amides is 1. The summed E-state index contributed by atoms with van der Waals surface area (Å²) in [4.78, 5) is 18.2. The molecule has 0 aliphatic heterocycles. The molecule has 0 N–H and O–H groups in total. The molecule has 98 valence electrons. The van der Waals surface area contributed by atoms with Gasteiger partial charge >= 0.3 is 0 Å². The zero-order chi connectivity index (χ0) is 13.7. The first-order valence-electron chi connectivity index (χ1n) is 6.46. The van der Waals surface area contributed by atoms with Gasteiger partial charge in [-0.1, -0.05) is 18.2 Å². The number of hydrogen-bond acceptors (Lipinski definition) is 2. The molecule has 0 fully saturated rings. The van der Waals surface area contributed by atoms with E-state index in [1.807, 2.05) is 50.2 Å². The summed E-state index contributed by atoms with van der Waals surface area (Å²) in [5, 5.41) is 0. The molecular weight excluding hydrogens is 236 g/mol. The van der Waals surface area contributed by atoms with Crippen molar-refractivity contribution in [1.82, 2.24) is 4.98 Å². The zero-order valence-electron chi connectivity index (χ0n) is 11.3. The maximum Gasteiger partial charge on any atom is 0.231 e. The molecule has 3 nitrogen and oxygen atoms in total. The summed E-state index contributed by atoms with van der Waals surface area (Å²) in [5.41, 5.74) is 3.06. The molecule has 2 aromatic rings. The van der Waals surface area contributed by atoms with Crippen molar-refractivity contribution in [2.75, 3.05) is 11.4 Å².